The van der Waals surface area contributed by atoms with Gasteiger partial charge in [-0.05, 0) is 49.7 Å². The van der Waals surface area contributed by atoms with Gasteiger partial charge in [-0.3, -0.25) is 4.79 Å². The van der Waals surface area contributed by atoms with E-state index in [0.717, 1.165) is 17.1 Å². The van der Waals surface area contributed by atoms with Gasteiger partial charge in [-0.15, -0.1) is 0 Å². The summed E-state index contributed by atoms with van der Waals surface area (Å²) in [5.74, 6) is 1.46. The lowest BCUT2D eigenvalue weighted by atomic mass is 10.1. The normalized spacial score (nSPS) is 10.1. The van der Waals surface area contributed by atoms with Gasteiger partial charge in [-0.1, -0.05) is 18.2 Å². The molecule has 20 heavy (non-hydrogen) atoms. The molecule has 0 spiro atoms. The smallest absolute Gasteiger partial charge is 0.200 e. The molecular weight excluding hydrogens is 252 g/mol. The molecule has 104 valence electrons. The first-order valence-electron chi connectivity index (χ1n) is 6.65. The van der Waals surface area contributed by atoms with E-state index >= 15 is 0 Å². The largest absolute Gasteiger partial charge is 0.494 e. The van der Waals surface area contributed by atoms with Crippen LogP contribution in [0.25, 0.3) is 0 Å². The van der Waals surface area contributed by atoms with Gasteiger partial charge in [-0.25, -0.2) is 0 Å². The van der Waals surface area contributed by atoms with Gasteiger partial charge in [0.1, 0.15) is 11.5 Å². The summed E-state index contributed by atoms with van der Waals surface area (Å²) in [7, 11) is 0. The highest BCUT2D eigenvalue weighted by Crippen LogP contribution is 2.17. The maximum Gasteiger partial charge on any atom is 0.200 e. The second-order valence-electron chi connectivity index (χ2n) is 4.43. The number of para-hydroxylation sites is 1. The zero-order valence-corrected chi connectivity index (χ0v) is 11.8. The minimum Gasteiger partial charge on any atom is -0.494 e. The average molecular weight is 270 g/mol. The Labute approximate surface area is 119 Å². The van der Waals surface area contributed by atoms with E-state index in [1.807, 2.05) is 38.1 Å². The molecule has 2 aromatic carbocycles. The van der Waals surface area contributed by atoms with Crippen LogP contribution in [0.1, 0.15) is 22.8 Å². The van der Waals surface area contributed by atoms with E-state index in [-0.39, 0.29) is 12.4 Å². The number of carbonyl (C=O) groups excluding carboxylic acids is 1. The number of aryl methyl sites for hydroxylation is 1. The molecule has 3 heteroatoms. The molecule has 0 N–H and O–H groups in total. The summed E-state index contributed by atoms with van der Waals surface area (Å²) in [4.78, 5) is 12.0. The van der Waals surface area contributed by atoms with Crippen LogP contribution in [0.2, 0.25) is 0 Å². The van der Waals surface area contributed by atoms with E-state index in [2.05, 4.69) is 0 Å². The number of benzene rings is 2. The summed E-state index contributed by atoms with van der Waals surface area (Å²) in [6.45, 7) is 4.54. The number of rotatable bonds is 6. The Balaban J connectivity index is 1.96. The van der Waals surface area contributed by atoms with Crippen molar-refractivity contribution < 1.29 is 14.3 Å². The SMILES string of the molecule is CCOc1ccc(C(=O)COc2ccccc2C)cc1. The predicted octanol–water partition coefficient (Wildman–Crippen LogP) is 3.66. The molecule has 0 aliphatic rings. The van der Waals surface area contributed by atoms with Crippen molar-refractivity contribution in [1.82, 2.24) is 0 Å². The van der Waals surface area contributed by atoms with E-state index in [0.29, 0.717) is 12.2 Å². The van der Waals surface area contributed by atoms with E-state index in [1.165, 1.54) is 0 Å². The first kappa shape index (κ1) is 14.1. The molecule has 0 fully saturated rings. The molecule has 0 radical (unpaired) electrons. The quantitative estimate of drug-likeness (QED) is 0.751. The van der Waals surface area contributed by atoms with Crippen LogP contribution in [0.3, 0.4) is 0 Å². The second kappa shape index (κ2) is 6.75. The van der Waals surface area contributed by atoms with Gasteiger partial charge in [-0.2, -0.15) is 0 Å². The summed E-state index contributed by atoms with van der Waals surface area (Å²) >= 11 is 0. The molecule has 2 aromatic rings. The Kier molecular flexibility index (Phi) is 4.77. The molecule has 0 aliphatic carbocycles. The first-order valence-corrected chi connectivity index (χ1v) is 6.65. The van der Waals surface area contributed by atoms with Crippen molar-refractivity contribution >= 4 is 5.78 Å². The summed E-state index contributed by atoms with van der Waals surface area (Å²) in [5.41, 5.74) is 1.65. The van der Waals surface area contributed by atoms with Crippen molar-refractivity contribution in [2.75, 3.05) is 13.2 Å². The minimum absolute atomic E-state index is 0.0405. The number of ether oxygens (including phenoxy) is 2. The monoisotopic (exact) mass is 270 g/mol. The van der Waals surface area contributed by atoms with Crippen LogP contribution in [0, 0.1) is 6.92 Å². The van der Waals surface area contributed by atoms with Crippen LogP contribution < -0.4 is 9.47 Å². The molecule has 2 rings (SSSR count). The van der Waals surface area contributed by atoms with Crippen molar-refractivity contribution in [3.05, 3.63) is 59.7 Å². The van der Waals surface area contributed by atoms with Crippen molar-refractivity contribution in [3.63, 3.8) is 0 Å². The fourth-order valence-electron chi connectivity index (χ4n) is 1.85. The maximum absolute atomic E-state index is 12.0. The van der Waals surface area contributed by atoms with Crippen LogP contribution >= 0.6 is 0 Å². The van der Waals surface area contributed by atoms with Gasteiger partial charge in [0.05, 0.1) is 6.61 Å². The fourth-order valence-corrected chi connectivity index (χ4v) is 1.85. The lowest BCUT2D eigenvalue weighted by Crippen LogP contribution is -2.12. The Hall–Kier alpha value is -2.29. The molecule has 0 aromatic heterocycles. The van der Waals surface area contributed by atoms with Gasteiger partial charge in [0.15, 0.2) is 12.4 Å². The Morgan fingerprint density at radius 1 is 1.00 bits per heavy atom. The van der Waals surface area contributed by atoms with E-state index in [9.17, 15) is 4.79 Å². The molecule has 0 saturated carbocycles. The molecule has 0 amide bonds. The van der Waals surface area contributed by atoms with Crippen molar-refractivity contribution in [1.29, 1.82) is 0 Å². The maximum atomic E-state index is 12.0. The molecule has 0 aliphatic heterocycles. The van der Waals surface area contributed by atoms with Crippen LogP contribution in [0.4, 0.5) is 0 Å². The van der Waals surface area contributed by atoms with Crippen LogP contribution in [0.5, 0.6) is 11.5 Å². The molecule has 0 heterocycles. The topological polar surface area (TPSA) is 35.5 Å². The average Bonchev–Trinajstić information content (AvgIpc) is 2.47. The van der Waals surface area contributed by atoms with Crippen LogP contribution in [-0.4, -0.2) is 19.0 Å². The Bertz CT molecular complexity index is 573. The standard InChI is InChI=1S/C17H18O3/c1-3-19-15-10-8-14(9-11-15)16(18)12-20-17-7-5-4-6-13(17)2/h4-11H,3,12H2,1-2H3. The number of hydrogen-bond donors (Lipinski definition) is 0. The van der Waals surface area contributed by atoms with Gasteiger partial charge < -0.3 is 9.47 Å². The molecular formula is C17H18O3. The van der Waals surface area contributed by atoms with Crippen LogP contribution in [-0.2, 0) is 0 Å². The molecule has 0 bridgehead atoms. The van der Waals surface area contributed by atoms with E-state index < -0.39 is 0 Å². The summed E-state index contributed by atoms with van der Waals surface area (Å²) in [6.07, 6.45) is 0. The van der Waals surface area contributed by atoms with Gasteiger partial charge in [0.25, 0.3) is 0 Å². The zero-order chi connectivity index (χ0) is 14.4. The summed E-state index contributed by atoms with van der Waals surface area (Å²) in [5, 5.41) is 0. The van der Waals surface area contributed by atoms with E-state index in [4.69, 9.17) is 9.47 Å². The number of carbonyl (C=O) groups is 1. The highest BCUT2D eigenvalue weighted by Gasteiger charge is 2.08. The Morgan fingerprint density at radius 2 is 1.70 bits per heavy atom. The molecule has 0 unspecified atom stereocenters. The van der Waals surface area contributed by atoms with Gasteiger partial charge in [0, 0.05) is 5.56 Å². The molecule has 3 nitrogen and oxygen atoms in total. The third-order valence-electron chi connectivity index (χ3n) is 2.94. The lowest BCUT2D eigenvalue weighted by Gasteiger charge is -2.08. The Morgan fingerprint density at radius 3 is 2.35 bits per heavy atom. The number of Topliss-reactive ketones (excluding diaryl/α,β-unsaturated/α-hetero) is 1. The number of ketones is 1. The van der Waals surface area contributed by atoms with Crippen LogP contribution in [0.15, 0.2) is 48.5 Å². The minimum atomic E-state index is -0.0451. The highest BCUT2D eigenvalue weighted by atomic mass is 16.5. The predicted molar refractivity (Wildman–Crippen MR) is 78.6 cm³/mol. The molecule has 0 atom stereocenters. The van der Waals surface area contributed by atoms with Crippen molar-refractivity contribution in [2.24, 2.45) is 0 Å². The highest BCUT2D eigenvalue weighted by molar-refractivity contribution is 5.97. The van der Waals surface area contributed by atoms with Crippen molar-refractivity contribution in [2.45, 2.75) is 13.8 Å². The zero-order valence-electron chi connectivity index (χ0n) is 11.8. The number of hydrogen-bond acceptors (Lipinski definition) is 3. The third kappa shape index (κ3) is 3.60. The van der Waals surface area contributed by atoms with E-state index in [1.54, 1.807) is 24.3 Å². The lowest BCUT2D eigenvalue weighted by molar-refractivity contribution is 0.0921. The summed E-state index contributed by atoms with van der Waals surface area (Å²) in [6, 6.07) is 14.8. The third-order valence-corrected chi connectivity index (χ3v) is 2.94. The summed E-state index contributed by atoms with van der Waals surface area (Å²) < 4.78 is 10.9. The second-order valence-corrected chi connectivity index (χ2v) is 4.43. The van der Waals surface area contributed by atoms with Crippen molar-refractivity contribution in [3.8, 4) is 11.5 Å². The first-order chi connectivity index (χ1) is 9.70. The van der Waals surface area contributed by atoms with Gasteiger partial charge in [0.2, 0.25) is 0 Å². The fraction of sp³-hybridized carbons (Fsp3) is 0.235. The molecule has 0 saturated heterocycles. The van der Waals surface area contributed by atoms with Gasteiger partial charge >= 0.3 is 0 Å².